The van der Waals surface area contributed by atoms with E-state index in [1.54, 1.807) is 0 Å². The van der Waals surface area contributed by atoms with Crippen molar-refractivity contribution in [1.29, 1.82) is 0 Å². The first-order valence-electron chi connectivity index (χ1n) is 4.90. The Bertz CT molecular complexity index is 263. The van der Waals surface area contributed by atoms with Gasteiger partial charge in [0.15, 0.2) is 6.10 Å². The van der Waals surface area contributed by atoms with E-state index in [1.165, 1.54) is 6.08 Å². The summed E-state index contributed by atoms with van der Waals surface area (Å²) in [6.07, 6.45) is -1.64. The van der Waals surface area contributed by atoms with Gasteiger partial charge in [-0.2, -0.15) is 0 Å². The molecule has 0 amide bonds. The molecule has 0 saturated carbocycles. The van der Waals surface area contributed by atoms with Gasteiger partial charge in [0, 0.05) is 0 Å². The van der Waals surface area contributed by atoms with Crippen molar-refractivity contribution < 1.29 is 34.4 Å². The van der Waals surface area contributed by atoms with Gasteiger partial charge in [0.2, 0.25) is 0 Å². The SMILES string of the molecule is C=CCOCC(O)COC(CC(=O)O)C(=O)O. The Morgan fingerprint density at radius 3 is 2.41 bits per heavy atom. The predicted molar refractivity (Wildman–Crippen MR) is 56.7 cm³/mol. The molecule has 0 aliphatic heterocycles. The lowest BCUT2D eigenvalue weighted by atomic mass is 10.2. The highest BCUT2D eigenvalue weighted by molar-refractivity contribution is 5.79. The van der Waals surface area contributed by atoms with Crippen LogP contribution in [0.15, 0.2) is 12.7 Å². The number of carboxylic acids is 2. The van der Waals surface area contributed by atoms with Crippen molar-refractivity contribution >= 4 is 11.9 Å². The topological polar surface area (TPSA) is 113 Å². The minimum Gasteiger partial charge on any atom is -0.481 e. The Kier molecular flexibility index (Phi) is 7.95. The van der Waals surface area contributed by atoms with Crippen LogP contribution in [0.2, 0.25) is 0 Å². The second-order valence-electron chi connectivity index (χ2n) is 3.24. The predicted octanol–water partition coefficient (Wildman–Crippen LogP) is -0.506. The largest absolute Gasteiger partial charge is 0.481 e. The molecule has 0 bridgehead atoms. The molecule has 98 valence electrons. The maximum Gasteiger partial charge on any atom is 0.333 e. The summed E-state index contributed by atoms with van der Waals surface area (Å²) in [5.41, 5.74) is 0. The summed E-state index contributed by atoms with van der Waals surface area (Å²) in [5.74, 6) is -2.67. The van der Waals surface area contributed by atoms with Gasteiger partial charge >= 0.3 is 11.9 Å². The van der Waals surface area contributed by atoms with Crippen LogP contribution in [0, 0.1) is 0 Å². The molecule has 17 heavy (non-hydrogen) atoms. The lowest BCUT2D eigenvalue weighted by Gasteiger charge is -2.15. The second-order valence-corrected chi connectivity index (χ2v) is 3.24. The summed E-state index contributed by atoms with van der Waals surface area (Å²) in [6.45, 7) is 3.32. The summed E-state index contributed by atoms with van der Waals surface area (Å²) in [6, 6.07) is 0. The number of rotatable bonds is 10. The molecule has 0 saturated heterocycles. The molecule has 0 aromatic rings. The summed E-state index contributed by atoms with van der Waals surface area (Å²) in [4.78, 5) is 20.9. The standard InChI is InChI=1S/C10H16O7/c1-2-3-16-5-7(11)6-17-8(10(14)15)4-9(12)13/h2,7-8,11H,1,3-6H2,(H,12,13)(H,14,15). The van der Waals surface area contributed by atoms with Gasteiger partial charge in [0.25, 0.3) is 0 Å². The maximum absolute atomic E-state index is 10.6. The maximum atomic E-state index is 10.6. The zero-order valence-electron chi connectivity index (χ0n) is 9.24. The number of carboxylic acid groups (broad SMARTS) is 2. The highest BCUT2D eigenvalue weighted by atomic mass is 16.5. The zero-order chi connectivity index (χ0) is 13.3. The third-order valence-electron chi connectivity index (χ3n) is 1.67. The van der Waals surface area contributed by atoms with Crippen molar-refractivity contribution in [3.05, 3.63) is 12.7 Å². The molecular weight excluding hydrogens is 232 g/mol. The van der Waals surface area contributed by atoms with E-state index in [2.05, 4.69) is 6.58 Å². The van der Waals surface area contributed by atoms with Crippen molar-refractivity contribution in [2.75, 3.05) is 19.8 Å². The molecule has 0 aromatic carbocycles. The molecule has 0 heterocycles. The third kappa shape index (κ3) is 8.38. The highest BCUT2D eigenvalue weighted by Crippen LogP contribution is 2.01. The Balaban J connectivity index is 3.90. The van der Waals surface area contributed by atoms with E-state index in [4.69, 9.17) is 19.7 Å². The van der Waals surface area contributed by atoms with Gasteiger partial charge in [0.05, 0.1) is 26.2 Å². The fraction of sp³-hybridized carbons (Fsp3) is 0.600. The first kappa shape index (κ1) is 15.6. The molecule has 0 rings (SSSR count). The van der Waals surface area contributed by atoms with Crippen molar-refractivity contribution in [1.82, 2.24) is 0 Å². The molecule has 2 atom stereocenters. The minimum absolute atomic E-state index is 0.0363. The van der Waals surface area contributed by atoms with Crippen LogP contribution >= 0.6 is 0 Å². The number of aliphatic carboxylic acids is 2. The van der Waals surface area contributed by atoms with Crippen LogP contribution in [-0.4, -0.2) is 59.3 Å². The Labute approximate surface area is 98.3 Å². The number of aliphatic hydroxyl groups is 1. The van der Waals surface area contributed by atoms with E-state index < -0.39 is 30.6 Å². The molecule has 0 aromatic heterocycles. The smallest absolute Gasteiger partial charge is 0.333 e. The molecule has 0 aliphatic rings. The monoisotopic (exact) mass is 248 g/mol. The molecule has 0 fully saturated rings. The van der Waals surface area contributed by atoms with E-state index in [0.717, 1.165) is 0 Å². The number of hydrogen-bond acceptors (Lipinski definition) is 5. The van der Waals surface area contributed by atoms with Crippen LogP contribution < -0.4 is 0 Å². The molecule has 7 heteroatoms. The average Bonchev–Trinajstić information content (AvgIpc) is 2.23. The van der Waals surface area contributed by atoms with Gasteiger partial charge in [-0.1, -0.05) is 6.08 Å². The fourth-order valence-electron chi connectivity index (χ4n) is 0.939. The Hall–Kier alpha value is -1.44. The number of carbonyl (C=O) groups is 2. The summed E-state index contributed by atoms with van der Waals surface area (Å²) in [5, 5.41) is 26.4. The summed E-state index contributed by atoms with van der Waals surface area (Å²) < 4.78 is 9.68. The van der Waals surface area contributed by atoms with Crippen molar-refractivity contribution in [3.8, 4) is 0 Å². The molecule has 0 radical (unpaired) electrons. The minimum atomic E-state index is -1.47. The molecule has 7 nitrogen and oxygen atoms in total. The van der Waals surface area contributed by atoms with Crippen LogP contribution in [0.1, 0.15) is 6.42 Å². The van der Waals surface area contributed by atoms with Gasteiger partial charge in [-0.25, -0.2) is 4.79 Å². The summed E-state index contributed by atoms with van der Waals surface area (Å²) >= 11 is 0. The first-order chi connectivity index (χ1) is 7.97. The van der Waals surface area contributed by atoms with E-state index >= 15 is 0 Å². The molecule has 0 spiro atoms. The van der Waals surface area contributed by atoms with Crippen molar-refractivity contribution in [3.63, 3.8) is 0 Å². The zero-order valence-corrected chi connectivity index (χ0v) is 9.24. The number of aliphatic hydroxyl groups excluding tert-OH is 1. The normalized spacial score (nSPS) is 13.9. The van der Waals surface area contributed by atoms with E-state index in [0.29, 0.717) is 0 Å². The number of hydrogen-bond donors (Lipinski definition) is 3. The molecule has 3 N–H and O–H groups in total. The van der Waals surface area contributed by atoms with Crippen LogP contribution in [0.25, 0.3) is 0 Å². The number of ether oxygens (including phenoxy) is 2. The van der Waals surface area contributed by atoms with Gasteiger partial charge < -0.3 is 24.8 Å². The van der Waals surface area contributed by atoms with E-state index in [1.807, 2.05) is 0 Å². The third-order valence-corrected chi connectivity index (χ3v) is 1.67. The van der Waals surface area contributed by atoms with E-state index in [-0.39, 0.29) is 19.8 Å². The van der Waals surface area contributed by atoms with Crippen molar-refractivity contribution in [2.24, 2.45) is 0 Å². The van der Waals surface area contributed by atoms with Crippen LogP contribution in [0.5, 0.6) is 0 Å². The quantitative estimate of drug-likeness (QED) is 0.352. The first-order valence-corrected chi connectivity index (χ1v) is 4.90. The van der Waals surface area contributed by atoms with E-state index in [9.17, 15) is 14.7 Å². The van der Waals surface area contributed by atoms with Gasteiger partial charge in [-0.15, -0.1) is 6.58 Å². The van der Waals surface area contributed by atoms with Crippen LogP contribution in [0.3, 0.4) is 0 Å². The van der Waals surface area contributed by atoms with Gasteiger partial charge in [0.1, 0.15) is 6.10 Å². The Morgan fingerprint density at radius 2 is 1.94 bits per heavy atom. The molecule has 0 aliphatic carbocycles. The molecular formula is C10H16O7. The fourth-order valence-corrected chi connectivity index (χ4v) is 0.939. The average molecular weight is 248 g/mol. The van der Waals surface area contributed by atoms with Crippen molar-refractivity contribution in [2.45, 2.75) is 18.6 Å². The lowest BCUT2D eigenvalue weighted by Crippen LogP contribution is -2.32. The van der Waals surface area contributed by atoms with Gasteiger partial charge in [-0.3, -0.25) is 4.79 Å². The molecule has 2 unspecified atom stereocenters. The Morgan fingerprint density at radius 1 is 1.29 bits per heavy atom. The van der Waals surface area contributed by atoms with Crippen LogP contribution in [-0.2, 0) is 19.1 Å². The summed E-state index contributed by atoms with van der Waals surface area (Å²) in [7, 11) is 0. The highest BCUT2D eigenvalue weighted by Gasteiger charge is 2.22. The lowest BCUT2D eigenvalue weighted by molar-refractivity contribution is -0.159. The van der Waals surface area contributed by atoms with Gasteiger partial charge in [-0.05, 0) is 0 Å². The van der Waals surface area contributed by atoms with Crippen LogP contribution in [0.4, 0.5) is 0 Å². The second kappa shape index (κ2) is 8.68.